The Morgan fingerprint density at radius 1 is 1.15 bits per heavy atom. The summed E-state index contributed by atoms with van der Waals surface area (Å²) in [5.41, 5.74) is 3.34. The molecular formula is C21H29N3O2. The monoisotopic (exact) mass is 355 g/mol. The average molecular weight is 355 g/mol. The molecule has 5 heteroatoms. The van der Waals surface area contributed by atoms with Gasteiger partial charge in [0.1, 0.15) is 5.60 Å². The highest BCUT2D eigenvalue weighted by molar-refractivity contribution is 5.76. The second-order valence-corrected chi connectivity index (χ2v) is 8.83. The van der Waals surface area contributed by atoms with Crippen LogP contribution in [-0.4, -0.2) is 27.3 Å². The van der Waals surface area contributed by atoms with Crippen molar-refractivity contribution in [2.75, 3.05) is 0 Å². The maximum absolute atomic E-state index is 12.0. The number of fused-ring (bicyclic) bond motifs is 1. The van der Waals surface area contributed by atoms with Crippen molar-refractivity contribution in [2.45, 2.75) is 82.9 Å². The van der Waals surface area contributed by atoms with Crippen LogP contribution in [0.3, 0.4) is 0 Å². The summed E-state index contributed by atoms with van der Waals surface area (Å²) in [5, 5.41) is 3.02. The molecule has 1 aromatic carbocycles. The molecule has 26 heavy (non-hydrogen) atoms. The van der Waals surface area contributed by atoms with Crippen LogP contribution in [-0.2, 0) is 4.74 Å². The normalized spacial score (nSPS) is 23.8. The standard InChI is InChI=1S/C21H29N3O2/c1-21(2,3)26-20(25)23-16-7-9-17(10-8-16)24-13-22-18-12-15(14-4-5-14)6-11-19(18)24/h6,11-14,16-17H,4-5,7-10H2,1-3H3,(H,23,25). The molecule has 1 amide bonds. The highest BCUT2D eigenvalue weighted by atomic mass is 16.6. The topological polar surface area (TPSA) is 56.1 Å². The summed E-state index contributed by atoms with van der Waals surface area (Å²) in [4.78, 5) is 16.6. The third-order valence-corrected chi connectivity index (χ3v) is 5.46. The van der Waals surface area contributed by atoms with Crippen LogP contribution in [0.4, 0.5) is 4.79 Å². The number of rotatable bonds is 3. The van der Waals surface area contributed by atoms with Gasteiger partial charge in [-0.05, 0) is 82.9 Å². The van der Waals surface area contributed by atoms with E-state index in [1.165, 1.54) is 23.9 Å². The van der Waals surface area contributed by atoms with Crippen molar-refractivity contribution in [2.24, 2.45) is 0 Å². The van der Waals surface area contributed by atoms with Crippen LogP contribution < -0.4 is 5.32 Å². The molecule has 2 fully saturated rings. The van der Waals surface area contributed by atoms with Crippen molar-refractivity contribution in [3.8, 4) is 0 Å². The molecule has 0 atom stereocenters. The number of amides is 1. The molecule has 2 aliphatic rings. The second-order valence-electron chi connectivity index (χ2n) is 8.83. The maximum Gasteiger partial charge on any atom is 0.407 e. The van der Waals surface area contributed by atoms with Gasteiger partial charge >= 0.3 is 6.09 Å². The lowest BCUT2D eigenvalue weighted by molar-refractivity contribution is 0.0488. The van der Waals surface area contributed by atoms with Gasteiger partial charge in [-0.2, -0.15) is 0 Å². The van der Waals surface area contributed by atoms with Gasteiger partial charge in [0.2, 0.25) is 0 Å². The van der Waals surface area contributed by atoms with Crippen LogP contribution in [0.1, 0.15) is 76.8 Å². The number of hydrogen-bond acceptors (Lipinski definition) is 3. The molecule has 5 nitrogen and oxygen atoms in total. The number of alkyl carbamates (subject to hydrolysis) is 1. The van der Waals surface area contributed by atoms with Gasteiger partial charge in [-0.3, -0.25) is 0 Å². The summed E-state index contributed by atoms with van der Waals surface area (Å²) in [5.74, 6) is 0.763. The summed E-state index contributed by atoms with van der Waals surface area (Å²) in [6.45, 7) is 5.67. The van der Waals surface area contributed by atoms with E-state index in [0.29, 0.717) is 6.04 Å². The lowest BCUT2D eigenvalue weighted by atomic mass is 9.91. The fourth-order valence-electron chi connectivity index (χ4n) is 3.98. The van der Waals surface area contributed by atoms with Crippen molar-refractivity contribution >= 4 is 17.1 Å². The van der Waals surface area contributed by atoms with E-state index in [4.69, 9.17) is 4.74 Å². The van der Waals surface area contributed by atoms with Crippen LogP contribution in [0.2, 0.25) is 0 Å². The molecule has 2 aromatic rings. The molecule has 1 heterocycles. The molecule has 140 valence electrons. The smallest absolute Gasteiger partial charge is 0.407 e. The van der Waals surface area contributed by atoms with E-state index in [1.54, 1.807) is 0 Å². The van der Waals surface area contributed by atoms with Crippen LogP contribution in [0, 0.1) is 0 Å². The predicted molar refractivity (Wildman–Crippen MR) is 102 cm³/mol. The van der Waals surface area contributed by atoms with E-state index in [-0.39, 0.29) is 12.1 Å². The number of ether oxygens (including phenoxy) is 1. The van der Waals surface area contributed by atoms with Gasteiger partial charge in [0, 0.05) is 12.1 Å². The number of carbonyl (C=O) groups is 1. The Labute approximate surface area is 155 Å². The first-order valence-electron chi connectivity index (χ1n) is 9.85. The second kappa shape index (κ2) is 6.60. The third kappa shape index (κ3) is 3.87. The Kier molecular flexibility index (Phi) is 4.41. The van der Waals surface area contributed by atoms with Gasteiger partial charge in [-0.25, -0.2) is 9.78 Å². The molecule has 4 rings (SSSR count). The number of imidazole rings is 1. The summed E-state index contributed by atoms with van der Waals surface area (Å²) in [6.07, 6.45) is 8.39. The Bertz CT molecular complexity index is 793. The highest BCUT2D eigenvalue weighted by Crippen LogP contribution is 2.41. The number of benzene rings is 1. The van der Waals surface area contributed by atoms with Crippen molar-refractivity contribution in [3.63, 3.8) is 0 Å². The van der Waals surface area contributed by atoms with Gasteiger partial charge in [-0.1, -0.05) is 6.07 Å². The van der Waals surface area contributed by atoms with Crippen LogP contribution in [0.5, 0.6) is 0 Å². The number of aromatic nitrogens is 2. The van der Waals surface area contributed by atoms with E-state index in [1.807, 2.05) is 27.1 Å². The largest absolute Gasteiger partial charge is 0.444 e. The molecule has 0 aliphatic heterocycles. The zero-order chi connectivity index (χ0) is 18.3. The lowest BCUT2D eigenvalue weighted by Gasteiger charge is -2.31. The van der Waals surface area contributed by atoms with E-state index in [9.17, 15) is 4.79 Å². The van der Waals surface area contributed by atoms with Gasteiger partial charge in [0.05, 0.1) is 17.4 Å². The van der Waals surface area contributed by atoms with Gasteiger partial charge < -0.3 is 14.6 Å². The molecular weight excluding hydrogens is 326 g/mol. The Morgan fingerprint density at radius 2 is 1.88 bits per heavy atom. The predicted octanol–water partition coefficient (Wildman–Crippen LogP) is 4.92. The zero-order valence-electron chi connectivity index (χ0n) is 16.0. The zero-order valence-corrected chi connectivity index (χ0v) is 16.0. The third-order valence-electron chi connectivity index (χ3n) is 5.46. The van der Waals surface area contributed by atoms with Crippen LogP contribution >= 0.6 is 0 Å². The van der Waals surface area contributed by atoms with Crippen molar-refractivity contribution < 1.29 is 9.53 Å². The summed E-state index contributed by atoms with van der Waals surface area (Å²) in [6, 6.07) is 7.44. The molecule has 0 spiro atoms. The number of nitrogens with zero attached hydrogens (tertiary/aromatic N) is 2. The number of carbonyl (C=O) groups excluding carboxylic acids is 1. The average Bonchev–Trinajstić information content (AvgIpc) is 3.33. The number of hydrogen-bond donors (Lipinski definition) is 1. The number of nitrogens with one attached hydrogen (secondary N) is 1. The van der Waals surface area contributed by atoms with E-state index < -0.39 is 5.60 Å². The molecule has 0 radical (unpaired) electrons. The van der Waals surface area contributed by atoms with E-state index in [2.05, 4.69) is 33.1 Å². The van der Waals surface area contributed by atoms with Crippen molar-refractivity contribution in [1.29, 1.82) is 0 Å². The first-order valence-corrected chi connectivity index (χ1v) is 9.85. The Hall–Kier alpha value is -2.04. The summed E-state index contributed by atoms with van der Waals surface area (Å²) < 4.78 is 7.70. The molecule has 0 unspecified atom stereocenters. The van der Waals surface area contributed by atoms with Crippen molar-refractivity contribution in [3.05, 3.63) is 30.1 Å². The first-order chi connectivity index (χ1) is 12.4. The maximum atomic E-state index is 12.0. The minimum absolute atomic E-state index is 0.206. The highest BCUT2D eigenvalue weighted by Gasteiger charge is 2.27. The Morgan fingerprint density at radius 3 is 2.54 bits per heavy atom. The molecule has 2 aliphatic carbocycles. The Balaban J connectivity index is 1.37. The van der Waals surface area contributed by atoms with Crippen LogP contribution in [0.15, 0.2) is 24.5 Å². The molecule has 1 aromatic heterocycles. The fourth-order valence-corrected chi connectivity index (χ4v) is 3.98. The van der Waals surface area contributed by atoms with Crippen LogP contribution in [0.25, 0.3) is 11.0 Å². The van der Waals surface area contributed by atoms with E-state index >= 15 is 0 Å². The minimum Gasteiger partial charge on any atom is -0.444 e. The minimum atomic E-state index is -0.448. The quantitative estimate of drug-likeness (QED) is 0.850. The fraction of sp³-hybridized carbons (Fsp3) is 0.619. The van der Waals surface area contributed by atoms with Crippen molar-refractivity contribution in [1.82, 2.24) is 14.9 Å². The SMILES string of the molecule is CC(C)(C)OC(=O)NC1CCC(n2cnc3cc(C4CC4)ccc32)CC1. The molecule has 0 bridgehead atoms. The van der Waals surface area contributed by atoms with Gasteiger partial charge in [0.15, 0.2) is 0 Å². The lowest BCUT2D eigenvalue weighted by Crippen LogP contribution is -2.41. The molecule has 1 N–H and O–H groups in total. The molecule has 0 saturated heterocycles. The molecule has 2 saturated carbocycles. The first kappa shape index (κ1) is 17.4. The summed E-state index contributed by atoms with van der Waals surface area (Å²) in [7, 11) is 0. The summed E-state index contributed by atoms with van der Waals surface area (Å²) >= 11 is 0. The van der Waals surface area contributed by atoms with E-state index in [0.717, 1.165) is 37.1 Å². The van der Waals surface area contributed by atoms with Gasteiger partial charge in [-0.15, -0.1) is 0 Å². The van der Waals surface area contributed by atoms with Gasteiger partial charge in [0.25, 0.3) is 0 Å².